The molecule has 3 N–H and O–H groups in total. The number of benzene rings is 1. The van der Waals surface area contributed by atoms with Gasteiger partial charge in [0.05, 0.1) is 10.3 Å². The highest BCUT2D eigenvalue weighted by Crippen LogP contribution is 2.30. The summed E-state index contributed by atoms with van der Waals surface area (Å²) in [6.45, 7) is 0. The molecule has 7 nitrogen and oxygen atoms in total. The largest absolute Gasteiger partial charge is 0.391 e. The molecule has 0 aliphatic heterocycles. The Morgan fingerprint density at radius 2 is 2.17 bits per heavy atom. The van der Waals surface area contributed by atoms with Crippen molar-refractivity contribution in [3.05, 3.63) is 17.7 Å². The van der Waals surface area contributed by atoms with Crippen LogP contribution in [0.25, 0.3) is 10.2 Å². The summed E-state index contributed by atoms with van der Waals surface area (Å²) in [6, 6.07) is 2.31. The third-order valence-electron chi connectivity index (χ3n) is 2.07. The van der Waals surface area contributed by atoms with Gasteiger partial charge < -0.3 is 9.92 Å². The lowest BCUT2D eigenvalue weighted by molar-refractivity contribution is 0.0772. The molecule has 0 unspecified atom stereocenters. The Morgan fingerprint density at radius 1 is 1.50 bits per heavy atom. The molecule has 0 atom stereocenters. The average Bonchev–Trinajstić information content (AvgIpc) is 2.65. The first-order valence-electron chi connectivity index (χ1n) is 4.36. The fraction of sp³-hybridized carbons (Fsp3) is 0. The van der Waals surface area contributed by atoms with Crippen molar-refractivity contribution < 1.29 is 21.9 Å². The molecule has 2 rings (SSSR count). The SMILES string of the molecule is Nc1nc2c(S(=O)(=O)O)cc(C(=O)OS)cc2s1. The molecule has 0 aliphatic carbocycles. The van der Waals surface area contributed by atoms with E-state index < -0.39 is 21.0 Å². The Balaban J connectivity index is 2.85. The van der Waals surface area contributed by atoms with Crippen LogP contribution in [0.5, 0.6) is 0 Å². The normalized spacial score (nSPS) is 11.7. The van der Waals surface area contributed by atoms with Crippen LogP contribution in [0.15, 0.2) is 17.0 Å². The van der Waals surface area contributed by atoms with Gasteiger partial charge in [-0.05, 0) is 12.1 Å². The first kappa shape index (κ1) is 13.1. The van der Waals surface area contributed by atoms with Gasteiger partial charge in [0.1, 0.15) is 10.4 Å². The van der Waals surface area contributed by atoms with Gasteiger partial charge in [-0.15, -0.1) is 0 Å². The molecular formula is C8H6N2O5S3. The van der Waals surface area contributed by atoms with E-state index in [2.05, 4.69) is 22.1 Å². The first-order chi connectivity index (χ1) is 8.32. The minimum absolute atomic E-state index is 0.00992. The second-order valence-electron chi connectivity index (χ2n) is 3.23. The Morgan fingerprint density at radius 3 is 2.72 bits per heavy atom. The van der Waals surface area contributed by atoms with Gasteiger partial charge in [-0.1, -0.05) is 11.3 Å². The highest BCUT2D eigenvalue weighted by Gasteiger charge is 2.21. The van der Waals surface area contributed by atoms with E-state index in [1.165, 1.54) is 6.07 Å². The van der Waals surface area contributed by atoms with Crippen LogP contribution in [-0.4, -0.2) is 23.9 Å². The van der Waals surface area contributed by atoms with Crippen LogP contribution >= 0.6 is 24.2 Å². The number of hydrogen-bond donors (Lipinski definition) is 3. The fourth-order valence-corrected chi connectivity index (χ4v) is 3.03. The maximum atomic E-state index is 11.3. The predicted octanol–water partition coefficient (Wildman–Crippen LogP) is 1.13. The van der Waals surface area contributed by atoms with Crippen molar-refractivity contribution in [2.24, 2.45) is 0 Å². The zero-order chi connectivity index (χ0) is 13.5. The van der Waals surface area contributed by atoms with Crippen molar-refractivity contribution in [2.45, 2.75) is 4.90 Å². The molecule has 0 saturated heterocycles. The molecule has 2 aromatic rings. The summed E-state index contributed by atoms with van der Waals surface area (Å²) in [5.74, 6) is -0.850. The highest BCUT2D eigenvalue weighted by atomic mass is 32.2. The first-order valence-corrected chi connectivity index (χ1v) is 6.98. The number of thiol groups is 1. The van der Waals surface area contributed by atoms with E-state index in [1.54, 1.807) is 0 Å². The number of rotatable bonds is 2. The quantitative estimate of drug-likeness (QED) is 0.432. The van der Waals surface area contributed by atoms with Gasteiger partial charge in [0.15, 0.2) is 5.13 Å². The minimum Gasteiger partial charge on any atom is -0.391 e. The molecule has 1 heterocycles. The van der Waals surface area contributed by atoms with E-state index in [0.29, 0.717) is 4.70 Å². The maximum Gasteiger partial charge on any atom is 0.350 e. The molecule has 1 aromatic carbocycles. The van der Waals surface area contributed by atoms with E-state index in [0.717, 1.165) is 17.4 Å². The van der Waals surface area contributed by atoms with Crippen molar-refractivity contribution in [3.63, 3.8) is 0 Å². The number of nitrogens with zero attached hydrogens (tertiary/aromatic N) is 1. The number of thiazole rings is 1. The lowest BCUT2D eigenvalue weighted by Crippen LogP contribution is -2.04. The number of anilines is 1. The number of hydrogen-bond acceptors (Lipinski definition) is 8. The van der Waals surface area contributed by atoms with Crippen LogP contribution in [-0.2, 0) is 14.3 Å². The maximum absolute atomic E-state index is 11.3. The predicted molar refractivity (Wildman–Crippen MR) is 68.2 cm³/mol. The van der Waals surface area contributed by atoms with Crippen LogP contribution in [0.1, 0.15) is 10.4 Å². The van der Waals surface area contributed by atoms with Crippen molar-refractivity contribution in [3.8, 4) is 0 Å². The van der Waals surface area contributed by atoms with Crippen molar-refractivity contribution >= 4 is 55.7 Å². The molecule has 0 spiro atoms. The third kappa shape index (κ3) is 2.27. The molecule has 0 amide bonds. The number of fused-ring (bicyclic) bond motifs is 1. The molecule has 1 aromatic heterocycles. The fourth-order valence-electron chi connectivity index (χ4n) is 1.38. The molecular weight excluding hydrogens is 300 g/mol. The highest BCUT2D eigenvalue weighted by molar-refractivity contribution is 7.86. The van der Waals surface area contributed by atoms with Crippen LogP contribution in [0.3, 0.4) is 0 Å². The minimum atomic E-state index is -4.52. The van der Waals surface area contributed by atoms with E-state index in [1.807, 2.05) is 0 Å². The molecule has 0 bridgehead atoms. The van der Waals surface area contributed by atoms with Gasteiger partial charge in [0.2, 0.25) is 0 Å². The summed E-state index contributed by atoms with van der Waals surface area (Å²) in [6.07, 6.45) is 0. The standard InChI is InChI=1S/C8H6N2O5S3/c9-8-10-6-4(17-8)1-3(7(11)15-16)2-5(6)18(12,13)14/h1-2,16H,(H2,9,10)(H,12,13,14). The number of carbonyl (C=O) groups is 1. The zero-order valence-corrected chi connectivity index (χ0v) is 11.1. The van der Waals surface area contributed by atoms with Crippen molar-refractivity contribution in [1.82, 2.24) is 4.98 Å². The molecule has 0 fully saturated rings. The number of aromatic nitrogens is 1. The summed E-state index contributed by atoms with van der Waals surface area (Å²) in [4.78, 5) is 14.6. The van der Waals surface area contributed by atoms with Gasteiger partial charge in [-0.3, -0.25) is 4.55 Å². The average molecular weight is 306 g/mol. The Bertz CT molecular complexity index is 737. The van der Waals surface area contributed by atoms with E-state index in [-0.39, 0.29) is 16.2 Å². The van der Waals surface area contributed by atoms with Gasteiger partial charge in [0, 0.05) is 12.9 Å². The Hall–Kier alpha value is -1.36. The summed E-state index contributed by atoms with van der Waals surface area (Å²) in [7, 11) is -4.52. The van der Waals surface area contributed by atoms with Crippen LogP contribution < -0.4 is 5.73 Å². The molecule has 0 aliphatic rings. The zero-order valence-electron chi connectivity index (χ0n) is 8.52. The molecule has 96 valence electrons. The van der Waals surface area contributed by atoms with Gasteiger partial charge in [0.25, 0.3) is 10.1 Å². The van der Waals surface area contributed by atoms with Crippen molar-refractivity contribution in [2.75, 3.05) is 5.73 Å². The monoisotopic (exact) mass is 306 g/mol. The Kier molecular flexibility index (Phi) is 3.19. The number of nitrogen functional groups attached to an aromatic ring is 1. The molecule has 10 heteroatoms. The number of nitrogens with two attached hydrogens (primary N) is 1. The second-order valence-corrected chi connectivity index (χ2v) is 5.86. The summed E-state index contributed by atoms with van der Waals surface area (Å²) >= 11 is 4.32. The van der Waals surface area contributed by atoms with Crippen LogP contribution in [0.4, 0.5) is 5.13 Å². The summed E-state index contributed by atoms with van der Waals surface area (Å²) in [5, 5.41) is 0.117. The van der Waals surface area contributed by atoms with Crippen LogP contribution in [0, 0.1) is 0 Å². The smallest absolute Gasteiger partial charge is 0.350 e. The summed E-state index contributed by atoms with van der Waals surface area (Å²) < 4.78 is 36.1. The Labute approximate surface area is 111 Å². The lowest BCUT2D eigenvalue weighted by Gasteiger charge is -2.02. The molecule has 0 radical (unpaired) electrons. The third-order valence-corrected chi connectivity index (χ3v) is 3.94. The number of carbonyl (C=O) groups excluding carboxylic acids is 1. The van der Waals surface area contributed by atoms with Crippen LogP contribution in [0.2, 0.25) is 0 Å². The van der Waals surface area contributed by atoms with E-state index in [4.69, 9.17) is 10.3 Å². The second kappa shape index (κ2) is 4.39. The van der Waals surface area contributed by atoms with Gasteiger partial charge >= 0.3 is 5.97 Å². The summed E-state index contributed by atoms with van der Waals surface area (Å²) in [5.41, 5.74) is 5.40. The molecule has 18 heavy (non-hydrogen) atoms. The lowest BCUT2D eigenvalue weighted by atomic mass is 10.2. The topological polar surface area (TPSA) is 120 Å². The van der Waals surface area contributed by atoms with E-state index in [9.17, 15) is 13.2 Å². The van der Waals surface area contributed by atoms with Gasteiger partial charge in [-0.25, -0.2) is 9.78 Å². The van der Waals surface area contributed by atoms with E-state index >= 15 is 0 Å². The molecule has 0 saturated carbocycles. The van der Waals surface area contributed by atoms with Crippen molar-refractivity contribution in [1.29, 1.82) is 0 Å². The van der Waals surface area contributed by atoms with Gasteiger partial charge in [-0.2, -0.15) is 8.42 Å².